The molecule has 0 heterocycles. The summed E-state index contributed by atoms with van der Waals surface area (Å²) in [5.41, 5.74) is 1.17. The molecule has 2 N–H and O–H groups in total. The number of benzene rings is 2. The zero-order chi connectivity index (χ0) is 19.9. The number of nitrogens with one attached hydrogen (secondary N) is 2. The molecule has 0 bridgehead atoms. The summed E-state index contributed by atoms with van der Waals surface area (Å²) in [7, 11) is -4.00. The van der Waals surface area contributed by atoms with Gasteiger partial charge in [-0.25, -0.2) is 4.79 Å². The fraction of sp³-hybridized carbons (Fsp3) is 0.263. The molecular formula is C19H22N2O5S. The Morgan fingerprint density at radius 2 is 1.67 bits per heavy atom. The van der Waals surface area contributed by atoms with Crippen molar-refractivity contribution in [2.75, 3.05) is 5.32 Å². The molecule has 0 aliphatic carbocycles. The molecule has 144 valence electrons. The molecule has 7 nitrogen and oxygen atoms in total. The molecule has 2 aromatic rings. The number of hydrogen-bond donors (Lipinski definition) is 2. The number of urea groups is 1. The largest absolute Gasteiger partial charge is 0.379 e. The van der Waals surface area contributed by atoms with E-state index in [1.165, 1.54) is 24.3 Å². The van der Waals surface area contributed by atoms with Crippen LogP contribution in [-0.4, -0.2) is 20.4 Å². The van der Waals surface area contributed by atoms with Crippen molar-refractivity contribution in [1.29, 1.82) is 0 Å². The summed E-state index contributed by atoms with van der Waals surface area (Å²) in [5, 5.41) is 4.60. The second-order valence-electron chi connectivity index (χ2n) is 5.78. The number of imide groups is 1. The highest BCUT2D eigenvalue weighted by atomic mass is 32.2. The van der Waals surface area contributed by atoms with Crippen LogP contribution < -0.4 is 14.8 Å². The molecule has 0 saturated heterocycles. The van der Waals surface area contributed by atoms with E-state index in [0.29, 0.717) is 17.9 Å². The van der Waals surface area contributed by atoms with E-state index in [0.717, 1.165) is 12.0 Å². The van der Waals surface area contributed by atoms with Gasteiger partial charge in [-0.2, -0.15) is 8.42 Å². The first-order valence-corrected chi connectivity index (χ1v) is 9.99. The monoisotopic (exact) mass is 390 g/mol. The molecule has 0 unspecified atom stereocenters. The average molecular weight is 390 g/mol. The number of para-hydroxylation sites is 1. The summed E-state index contributed by atoms with van der Waals surface area (Å²) in [6.07, 6.45) is 1.75. The Morgan fingerprint density at radius 1 is 1.00 bits per heavy atom. The number of carbonyl (C=O) groups excluding carboxylic acids is 2. The highest BCUT2D eigenvalue weighted by Gasteiger charge is 2.18. The molecule has 3 amide bonds. The second kappa shape index (κ2) is 9.18. The number of amides is 3. The number of anilines is 1. The highest BCUT2D eigenvalue weighted by Crippen LogP contribution is 2.24. The van der Waals surface area contributed by atoms with E-state index >= 15 is 0 Å². The zero-order valence-electron chi connectivity index (χ0n) is 15.2. The lowest BCUT2D eigenvalue weighted by Gasteiger charge is -2.11. The van der Waals surface area contributed by atoms with Gasteiger partial charge in [0.1, 0.15) is 10.6 Å². The van der Waals surface area contributed by atoms with Gasteiger partial charge in [0.25, 0.3) is 0 Å². The van der Waals surface area contributed by atoms with Gasteiger partial charge in [0.05, 0.1) is 0 Å². The molecule has 2 rings (SSSR count). The van der Waals surface area contributed by atoms with Crippen LogP contribution in [0, 0.1) is 0 Å². The topological polar surface area (TPSA) is 102 Å². The Balaban J connectivity index is 2.11. The number of hydrogen-bond acceptors (Lipinski definition) is 5. The minimum atomic E-state index is -4.00. The van der Waals surface area contributed by atoms with Crippen LogP contribution in [0.3, 0.4) is 0 Å². The van der Waals surface area contributed by atoms with E-state index in [1.807, 2.05) is 19.1 Å². The number of carbonyl (C=O) groups is 2. The van der Waals surface area contributed by atoms with Crippen molar-refractivity contribution in [3.05, 3.63) is 54.1 Å². The third-order valence-corrected chi connectivity index (χ3v) is 4.91. The lowest BCUT2D eigenvalue weighted by Crippen LogP contribution is -2.33. The van der Waals surface area contributed by atoms with E-state index in [4.69, 9.17) is 4.18 Å². The van der Waals surface area contributed by atoms with Crippen molar-refractivity contribution in [3.8, 4) is 5.75 Å². The highest BCUT2D eigenvalue weighted by molar-refractivity contribution is 7.87. The standard InChI is InChI=1S/C19H22N2O5S/c1-3-7-14-8-5-6-9-17(14)26-27(24,25)16-12-10-15(11-13-16)20-19(23)21-18(22)4-2/h5-6,8-13H,3-4,7H2,1-2H3,(H2,20,21,22,23). The Morgan fingerprint density at radius 3 is 2.30 bits per heavy atom. The van der Waals surface area contributed by atoms with Gasteiger partial charge in [0, 0.05) is 12.1 Å². The van der Waals surface area contributed by atoms with E-state index in [1.54, 1.807) is 19.1 Å². The smallest absolute Gasteiger partial charge is 0.339 e. The van der Waals surface area contributed by atoms with E-state index in [2.05, 4.69) is 10.6 Å². The molecular weight excluding hydrogens is 368 g/mol. The van der Waals surface area contributed by atoms with Gasteiger partial charge in [0.2, 0.25) is 5.91 Å². The second-order valence-corrected chi connectivity index (χ2v) is 7.32. The fourth-order valence-electron chi connectivity index (χ4n) is 2.31. The first kappa shape index (κ1) is 20.4. The summed E-state index contributed by atoms with van der Waals surface area (Å²) in [6, 6.07) is 11.8. The number of rotatable bonds is 7. The molecule has 0 radical (unpaired) electrons. The molecule has 0 aromatic heterocycles. The quantitative estimate of drug-likeness (QED) is 0.705. The Hall–Kier alpha value is -2.87. The number of aryl methyl sites for hydroxylation is 1. The van der Waals surface area contributed by atoms with E-state index < -0.39 is 22.1 Å². The van der Waals surface area contributed by atoms with Gasteiger partial charge in [-0.1, -0.05) is 38.5 Å². The summed E-state index contributed by atoms with van der Waals surface area (Å²) < 4.78 is 30.3. The van der Waals surface area contributed by atoms with Crippen LogP contribution in [0.2, 0.25) is 0 Å². The van der Waals surface area contributed by atoms with Gasteiger partial charge in [-0.15, -0.1) is 0 Å². The minimum absolute atomic E-state index is 0.0376. The summed E-state index contributed by atoms with van der Waals surface area (Å²) in [6.45, 7) is 3.63. The molecule has 27 heavy (non-hydrogen) atoms. The first-order chi connectivity index (χ1) is 12.9. The van der Waals surface area contributed by atoms with Gasteiger partial charge >= 0.3 is 16.1 Å². The van der Waals surface area contributed by atoms with Crippen LogP contribution in [0.25, 0.3) is 0 Å². The van der Waals surface area contributed by atoms with Crippen molar-refractivity contribution in [3.63, 3.8) is 0 Å². The van der Waals surface area contributed by atoms with Crippen molar-refractivity contribution in [1.82, 2.24) is 5.32 Å². The first-order valence-electron chi connectivity index (χ1n) is 8.59. The van der Waals surface area contributed by atoms with Crippen molar-refractivity contribution >= 4 is 27.7 Å². The lowest BCUT2D eigenvalue weighted by molar-refractivity contribution is -0.119. The summed E-state index contributed by atoms with van der Waals surface area (Å²) in [4.78, 5) is 22.8. The van der Waals surface area contributed by atoms with Gasteiger partial charge < -0.3 is 9.50 Å². The third kappa shape index (κ3) is 5.82. The lowest BCUT2D eigenvalue weighted by atomic mass is 10.1. The van der Waals surface area contributed by atoms with Gasteiger partial charge in [-0.05, 0) is 42.3 Å². The predicted molar refractivity (Wildman–Crippen MR) is 102 cm³/mol. The fourth-order valence-corrected chi connectivity index (χ4v) is 3.27. The molecule has 0 atom stereocenters. The van der Waals surface area contributed by atoms with Crippen LogP contribution in [0.5, 0.6) is 5.75 Å². The molecule has 0 spiro atoms. The molecule has 0 saturated carbocycles. The molecule has 0 aliphatic heterocycles. The maximum atomic E-state index is 12.5. The van der Waals surface area contributed by atoms with Gasteiger partial charge in [-0.3, -0.25) is 10.1 Å². The Labute approximate surface area is 158 Å². The van der Waals surface area contributed by atoms with Crippen LogP contribution in [0.15, 0.2) is 53.4 Å². The van der Waals surface area contributed by atoms with Gasteiger partial charge in [0.15, 0.2) is 0 Å². The van der Waals surface area contributed by atoms with Crippen LogP contribution in [0.1, 0.15) is 32.3 Å². The summed E-state index contributed by atoms with van der Waals surface area (Å²) >= 11 is 0. The molecule has 8 heteroatoms. The zero-order valence-corrected chi connectivity index (χ0v) is 16.0. The molecule has 2 aromatic carbocycles. The van der Waals surface area contributed by atoms with Crippen LogP contribution >= 0.6 is 0 Å². The Bertz CT molecular complexity index is 908. The summed E-state index contributed by atoms with van der Waals surface area (Å²) in [5.74, 6) is -0.107. The van der Waals surface area contributed by atoms with Crippen LogP contribution in [0.4, 0.5) is 10.5 Å². The predicted octanol–water partition coefficient (Wildman–Crippen LogP) is 3.46. The normalized spacial score (nSPS) is 10.9. The average Bonchev–Trinajstić information content (AvgIpc) is 2.63. The van der Waals surface area contributed by atoms with E-state index in [-0.39, 0.29) is 11.3 Å². The minimum Gasteiger partial charge on any atom is -0.379 e. The van der Waals surface area contributed by atoms with Crippen molar-refractivity contribution in [2.24, 2.45) is 0 Å². The maximum absolute atomic E-state index is 12.5. The SMILES string of the molecule is CCCc1ccccc1OS(=O)(=O)c1ccc(NC(=O)NC(=O)CC)cc1. The van der Waals surface area contributed by atoms with E-state index in [9.17, 15) is 18.0 Å². The van der Waals surface area contributed by atoms with Crippen LogP contribution in [-0.2, 0) is 21.3 Å². The van der Waals surface area contributed by atoms with Crippen molar-refractivity contribution < 1.29 is 22.2 Å². The maximum Gasteiger partial charge on any atom is 0.339 e. The van der Waals surface area contributed by atoms with Crippen molar-refractivity contribution in [2.45, 2.75) is 38.0 Å². The molecule has 0 aliphatic rings. The Kier molecular flexibility index (Phi) is 6.95. The molecule has 0 fully saturated rings. The third-order valence-electron chi connectivity index (χ3n) is 3.67.